The maximum atomic E-state index is 12.4. The largest absolute Gasteiger partial charge is 0.376 e. The predicted molar refractivity (Wildman–Crippen MR) is 47.1 cm³/mol. The molecular formula is C9H16FNO2. The molecule has 3 nitrogen and oxygen atoms in total. The van der Waals surface area contributed by atoms with Gasteiger partial charge in [-0.05, 0) is 6.92 Å². The van der Waals surface area contributed by atoms with E-state index in [1.54, 1.807) is 0 Å². The summed E-state index contributed by atoms with van der Waals surface area (Å²) in [5.74, 6) is -0.0620. The molecule has 76 valence electrons. The van der Waals surface area contributed by atoms with E-state index in [9.17, 15) is 9.18 Å². The van der Waals surface area contributed by atoms with E-state index < -0.39 is 6.17 Å². The van der Waals surface area contributed by atoms with Gasteiger partial charge >= 0.3 is 0 Å². The van der Waals surface area contributed by atoms with Crippen molar-refractivity contribution in [3.05, 3.63) is 0 Å². The Hall–Kier alpha value is -0.640. The lowest BCUT2D eigenvalue weighted by Crippen LogP contribution is -2.39. The number of hydrogen-bond acceptors (Lipinski definition) is 2. The van der Waals surface area contributed by atoms with Gasteiger partial charge in [0.15, 0.2) is 0 Å². The number of carbonyl (C=O) groups excluding carboxylic acids is 1. The molecule has 1 atom stereocenters. The number of carbonyl (C=O) groups is 1. The fourth-order valence-electron chi connectivity index (χ4n) is 1.31. The van der Waals surface area contributed by atoms with E-state index in [4.69, 9.17) is 4.74 Å². The molecule has 0 spiro atoms. The minimum Gasteiger partial charge on any atom is -0.376 e. The molecule has 1 fully saturated rings. The van der Waals surface area contributed by atoms with E-state index in [0.29, 0.717) is 19.4 Å². The van der Waals surface area contributed by atoms with Crippen LogP contribution in [0.25, 0.3) is 0 Å². The average molecular weight is 189 g/mol. The molecule has 0 bridgehead atoms. The third-order valence-corrected chi connectivity index (χ3v) is 2.07. The molecule has 13 heavy (non-hydrogen) atoms. The number of hydrogen-bond donors (Lipinski definition) is 1. The van der Waals surface area contributed by atoms with Crippen molar-refractivity contribution >= 4 is 5.91 Å². The van der Waals surface area contributed by atoms with Crippen molar-refractivity contribution in [1.82, 2.24) is 5.32 Å². The Morgan fingerprint density at radius 2 is 2.31 bits per heavy atom. The van der Waals surface area contributed by atoms with Crippen LogP contribution in [0.3, 0.4) is 0 Å². The highest BCUT2D eigenvalue weighted by Gasteiger charge is 2.29. The maximum Gasteiger partial charge on any atom is 0.217 e. The third kappa shape index (κ3) is 3.72. The molecule has 0 saturated heterocycles. The van der Waals surface area contributed by atoms with Gasteiger partial charge in [0.25, 0.3) is 0 Å². The Labute approximate surface area is 77.6 Å². The minimum atomic E-state index is -0.680. The second kappa shape index (κ2) is 4.56. The summed E-state index contributed by atoms with van der Waals surface area (Å²) in [6, 6.07) is 0.0103. The van der Waals surface area contributed by atoms with E-state index in [1.807, 2.05) is 6.92 Å². The lowest BCUT2D eigenvalue weighted by molar-refractivity contribution is -0.120. The third-order valence-electron chi connectivity index (χ3n) is 2.07. The van der Waals surface area contributed by atoms with Crippen molar-refractivity contribution in [2.75, 3.05) is 6.61 Å². The number of alkyl halides is 1. The molecule has 1 N–H and O–H groups in total. The standard InChI is InChI=1S/C9H16FNO2/c1-6(11-7(2)12)5-13-9-3-8(10)4-9/h6,8-9H,3-5H2,1-2H3,(H,11,12). The first-order valence-electron chi connectivity index (χ1n) is 4.60. The Morgan fingerprint density at radius 3 is 2.77 bits per heavy atom. The van der Waals surface area contributed by atoms with Crippen molar-refractivity contribution in [2.45, 2.75) is 45.0 Å². The monoisotopic (exact) mass is 189 g/mol. The van der Waals surface area contributed by atoms with E-state index in [0.717, 1.165) is 0 Å². The molecule has 0 heterocycles. The fraction of sp³-hybridized carbons (Fsp3) is 0.889. The maximum absolute atomic E-state index is 12.4. The number of amides is 1. The molecule has 1 aliphatic rings. The summed E-state index contributed by atoms with van der Waals surface area (Å²) in [6.45, 7) is 3.81. The van der Waals surface area contributed by atoms with E-state index in [-0.39, 0.29) is 18.1 Å². The van der Waals surface area contributed by atoms with Crippen LogP contribution in [0.5, 0.6) is 0 Å². The van der Waals surface area contributed by atoms with Crippen molar-refractivity contribution in [2.24, 2.45) is 0 Å². The lowest BCUT2D eigenvalue weighted by atomic mass is 9.94. The van der Waals surface area contributed by atoms with Crippen LogP contribution >= 0.6 is 0 Å². The number of ether oxygens (including phenoxy) is 1. The lowest BCUT2D eigenvalue weighted by Gasteiger charge is -2.30. The first kappa shape index (κ1) is 10.4. The molecule has 4 heteroatoms. The van der Waals surface area contributed by atoms with Gasteiger partial charge in [0.1, 0.15) is 6.17 Å². The van der Waals surface area contributed by atoms with Gasteiger partial charge < -0.3 is 10.1 Å². The fourth-order valence-corrected chi connectivity index (χ4v) is 1.31. The predicted octanol–water partition coefficient (Wildman–Crippen LogP) is 1.03. The molecule has 0 aromatic carbocycles. The van der Waals surface area contributed by atoms with Crippen molar-refractivity contribution < 1.29 is 13.9 Å². The number of nitrogens with one attached hydrogen (secondary N) is 1. The topological polar surface area (TPSA) is 38.3 Å². The summed E-state index contributed by atoms with van der Waals surface area (Å²) in [4.78, 5) is 10.6. The van der Waals surface area contributed by atoms with Crippen LogP contribution in [-0.4, -0.2) is 30.8 Å². The molecule has 1 aliphatic carbocycles. The van der Waals surface area contributed by atoms with Crippen LogP contribution < -0.4 is 5.32 Å². The van der Waals surface area contributed by atoms with Gasteiger partial charge in [0.05, 0.1) is 12.7 Å². The Morgan fingerprint density at radius 1 is 1.69 bits per heavy atom. The Kier molecular flexibility index (Phi) is 3.66. The molecule has 0 aromatic rings. The van der Waals surface area contributed by atoms with Crippen LogP contribution in [0.4, 0.5) is 4.39 Å². The summed E-state index contributed by atoms with van der Waals surface area (Å²) in [5, 5.41) is 2.70. The van der Waals surface area contributed by atoms with Crippen LogP contribution in [0.1, 0.15) is 26.7 Å². The van der Waals surface area contributed by atoms with E-state index >= 15 is 0 Å². The first-order chi connectivity index (χ1) is 6.08. The van der Waals surface area contributed by atoms with Crippen LogP contribution in [0.2, 0.25) is 0 Å². The second-order valence-corrected chi connectivity index (χ2v) is 3.63. The van der Waals surface area contributed by atoms with Crippen molar-refractivity contribution in [3.8, 4) is 0 Å². The van der Waals surface area contributed by atoms with Gasteiger partial charge in [0, 0.05) is 25.8 Å². The summed E-state index contributed by atoms with van der Waals surface area (Å²) < 4.78 is 17.7. The highest BCUT2D eigenvalue weighted by atomic mass is 19.1. The second-order valence-electron chi connectivity index (χ2n) is 3.63. The SMILES string of the molecule is CC(=O)NC(C)COC1CC(F)C1. The quantitative estimate of drug-likeness (QED) is 0.717. The molecule has 1 unspecified atom stereocenters. The normalized spacial score (nSPS) is 29.2. The highest BCUT2D eigenvalue weighted by molar-refractivity contribution is 5.73. The van der Waals surface area contributed by atoms with Crippen molar-refractivity contribution in [1.29, 1.82) is 0 Å². The molecule has 0 aliphatic heterocycles. The van der Waals surface area contributed by atoms with Crippen molar-refractivity contribution in [3.63, 3.8) is 0 Å². The number of halogens is 1. The van der Waals surface area contributed by atoms with Gasteiger partial charge in [0.2, 0.25) is 5.91 Å². The summed E-state index contributed by atoms with van der Waals surface area (Å²) in [7, 11) is 0. The van der Waals surface area contributed by atoms with Crippen LogP contribution in [0, 0.1) is 0 Å². The first-order valence-corrected chi connectivity index (χ1v) is 4.60. The minimum absolute atomic E-state index is 0.0103. The summed E-state index contributed by atoms with van der Waals surface area (Å²) >= 11 is 0. The van der Waals surface area contributed by atoms with E-state index in [1.165, 1.54) is 6.92 Å². The molecular weight excluding hydrogens is 173 g/mol. The van der Waals surface area contributed by atoms with Crippen LogP contribution in [0.15, 0.2) is 0 Å². The van der Waals surface area contributed by atoms with Crippen LogP contribution in [-0.2, 0) is 9.53 Å². The smallest absolute Gasteiger partial charge is 0.217 e. The highest BCUT2D eigenvalue weighted by Crippen LogP contribution is 2.25. The van der Waals surface area contributed by atoms with E-state index in [2.05, 4.69) is 5.32 Å². The Balaban J connectivity index is 2.02. The summed E-state index contributed by atoms with van der Waals surface area (Å²) in [6.07, 6.45) is 0.395. The summed E-state index contributed by atoms with van der Waals surface area (Å²) in [5.41, 5.74) is 0. The average Bonchev–Trinajstić information content (AvgIpc) is 1.94. The zero-order valence-electron chi connectivity index (χ0n) is 8.05. The van der Waals surface area contributed by atoms with Gasteiger partial charge in [-0.1, -0.05) is 0 Å². The zero-order chi connectivity index (χ0) is 9.84. The van der Waals surface area contributed by atoms with Gasteiger partial charge in [-0.25, -0.2) is 4.39 Å². The molecule has 0 radical (unpaired) electrons. The molecule has 1 saturated carbocycles. The van der Waals surface area contributed by atoms with Gasteiger partial charge in [-0.15, -0.1) is 0 Å². The van der Waals surface area contributed by atoms with Gasteiger partial charge in [-0.2, -0.15) is 0 Å². The molecule has 1 amide bonds. The Bertz CT molecular complexity index is 180. The zero-order valence-corrected chi connectivity index (χ0v) is 8.05. The molecule has 0 aromatic heterocycles. The number of rotatable bonds is 4. The molecule has 1 rings (SSSR count). The van der Waals surface area contributed by atoms with Gasteiger partial charge in [-0.3, -0.25) is 4.79 Å².